The fraction of sp³-hybridized carbons (Fsp3) is 0.615. The number of amides is 1. The standard InChI is InChI=1S/C13H23N3OS/c1-4-11(14)13(10-6-7-18-9-10)16(3)8-12(17)15-5-2/h6-7,9,11,13H,4-5,8,14H2,1-3H3,(H,15,17). The fourth-order valence-corrected chi connectivity index (χ4v) is 2.76. The van der Waals surface area contributed by atoms with Gasteiger partial charge in [0.1, 0.15) is 0 Å². The van der Waals surface area contributed by atoms with Gasteiger partial charge in [0.25, 0.3) is 0 Å². The van der Waals surface area contributed by atoms with Crippen LogP contribution in [-0.2, 0) is 4.79 Å². The summed E-state index contributed by atoms with van der Waals surface area (Å²) < 4.78 is 0. The van der Waals surface area contributed by atoms with Crippen LogP contribution in [0.5, 0.6) is 0 Å². The molecule has 0 radical (unpaired) electrons. The number of carbonyl (C=O) groups excluding carboxylic acids is 1. The van der Waals surface area contributed by atoms with Crippen LogP contribution in [0.1, 0.15) is 31.9 Å². The first-order chi connectivity index (χ1) is 8.60. The van der Waals surface area contributed by atoms with Crippen LogP contribution in [0.25, 0.3) is 0 Å². The molecule has 2 unspecified atom stereocenters. The Bertz CT molecular complexity index is 353. The zero-order valence-electron chi connectivity index (χ0n) is 11.3. The highest BCUT2D eigenvalue weighted by molar-refractivity contribution is 7.07. The Morgan fingerprint density at radius 3 is 2.78 bits per heavy atom. The Hall–Kier alpha value is -0.910. The topological polar surface area (TPSA) is 58.4 Å². The summed E-state index contributed by atoms with van der Waals surface area (Å²) in [7, 11) is 1.95. The van der Waals surface area contributed by atoms with Gasteiger partial charge in [-0.05, 0) is 42.8 Å². The van der Waals surface area contributed by atoms with Gasteiger partial charge in [0.05, 0.1) is 12.6 Å². The van der Waals surface area contributed by atoms with Crippen LogP contribution in [0.4, 0.5) is 0 Å². The molecule has 0 aliphatic rings. The Morgan fingerprint density at radius 1 is 1.56 bits per heavy atom. The predicted molar refractivity (Wildman–Crippen MR) is 76.6 cm³/mol. The average molecular weight is 269 g/mol. The molecule has 0 fully saturated rings. The molecule has 4 nitrogen and oxygen atoms in total. The number of nitrogens with zero attached hydrogens (tertiary/aromatic N) is 1. The van der Waals surface area contributed by atoms with E-state index in [0.29, 0.717) is 13.1 Å². The number of hydrogen-bond donors (Lipinski definition) is 2. The monoisotopic (exact) mass is 269 g/mol. The van der Waals surface area contributed by atoms with Gasteiger partial charge in [0, 0.05) is 12.6 Å². The molecule has 2 atom stereocenters. The van der Waals surface area contributed by atoms with Crippen molar-refractivity contribution in [2.24, 2.45) is 5.73 Å². The molecule has 1 amide bonds. The molecular formula is C13H23N3OS. The number of thiophene rings is 1. The van der Waals surface area contributed by atoms with Crippen LogP contribution in [0, 0.1) is 0 Å². The molecule has 3 N–H and O–H groups in total. The van der Waals surface area contributed by atoms with Gasteiger partial charge in [0.2, 0.25) is 5.91 Å². The van der Waals surface area contributed by atoms with E-state index in [2.05, 4.69) is 23.7 Å². The Labute approximate surface area is 113 Å². The summed E-state index contributed by atoms with van der Waals surface area (Å²) >= 11 is 1.66. The van der Waals surface area contributed by atoms with E-state index in [9.17, 15) is 4.79 Å². The molecular weight excluding hydrogens is 246 g/mol. The van der Waals surface area contributed by atoms with Crippen molar-refractivity contribution in [2.45, 2.75) is 32.4 Å². The molecule has 1 rings (SSSR count). The van der Waals surface area contributed by atoms with Crippen LogP contribution in [0.3, 0.4) is 0 Å². The first-order valence-electron chi connectivity index (χ1n) is 6.34. The third-order valence-corrected chi connectivity index (χ3v) is 3.70. The van der Waals surface area contributed by atoms with Gasteiger partial charge in [-0.15, -0.1) is 0 Å². The van der Waals surface area contributed by atoms with Gasteiger partial charge in [-0.3, -0.25) is 9.69 Å². The third kappa shape index (κ3) is 4.08. The summed E-state index contributed by atoms with van der Waals surface area (Å²) in [4.78, 5) is 13.7. The maximum absolute atomic E-state index is 11.6. The summed E-state index contributed by atoms with van der Waals surface area (Å²) in [6.45, 7) is 5.04. The molecule has 0 aliphatic heterocycles. The summed E-state index contributed by atoms with van der Waals surface area (Å²) in [5.74, 6) is 0.0449. The Kier molecular flexibility index (Phi) is 6.32. The zero-order chi connectivity index (χ0) is 13.5. The molecule has 18 heavy (non-hydrogen) atoms. The van der Waals surface area contributed by atoms with E-state index >= 15 is 0 Å². The van der Waals surface area contributed by atoms with E-state index in [1.165, 1.54) is 5.56 Å². The van der Waals surface area contributed by atoms with Crippen molar-refractivity contribution in [3.8, 4) is 0 Å². The molecule has 0 saturated carbocycles. The van der Waals surface area contributed by atoms with E-state index in [0.717, 1.165) is 6.42 Å². The number of nitrogens with one attached hydrogen (secondary N) is 1. The normalized spacial score (nSPS) is 14.5. The average Bonchev–Trinajstić information content (AvgIpc) is 2.82. The summed E-state index contributed by atoms with van der Waals surface area (Å²) in [6, 6.07) is 2.22. The molecule has 1 aromatic rings. The maximum atomic E-state index is 11.6. The molecule has 0 aliphatic carbocycles. The summed E-state index contributed by atoms with van der Waals surface area (Å²) in [5.41, 5.74) is 7.39. The molecule has 5 heteroatoms. The zero-order valence-corrected chi connectivity index (χ0v) is 12.2. The van der Waals surface area contributed by atoms with Crippen molar-refractivity contribution in [3.63, 3.8) is 0 Å². The lowest BCUT2D eigenvalue weighted by molar-refractivity contribution is -0.122. The van der Waals surface area contributed by atoms with Crippen LogP contribution in [0.2, 0.25) is 0 Å². The lowest BCUT2D eigenvalue weighted by Gasteiger charge is -2.31. The van der Waals surface area contributed by atoms with Gasteiger partial charge in [-0.25, -0.2) is 0 Å². The largest absolute Gasteiger partial charge is 0.355 e. The smallest absolute Gasteiger partial charge is 0.234 e. The van der Waals surface area contributed by atoms with Gasteiger partial charge in [0.15, 0.2) is 0 Å². The van der Waals surface area contributed by atoms with Gasteiger partial charge < -0.3 is 11.1 Å². The van der Waals surface area contributed by atoms with Gasteiger partial charge in [-0.2, -0.15) is 11.3 Å². The van der Waals surface area contributed by atoms with E-state index in [1.54, 1.807) is 11.3 Å². The van der Waals surface area contributed by atoms with Crippen molar-refractivity contribution >= 4 is 17.2 Å². The molecule has 0 saturated heterocycles. The Balaban J connectivity index is 2.74. The molecule has 0 spiro atoms. The second-order valence-corrected chi connectivity index (χ2v) is 5.22. The van der Waals surface area contributed by atoms with Crippen LogP contribution < -0.4 is 11.1 Å². The summed E-state index contributed by atoms with van der Waals surface area (Å²) in [6.07, 6.45) is 0.889. The maximum Gasteiger partial charge on any atom is 0.234 e. The minimum absolute atomic E-state index is 0.0408. The number of hydrogen-bond acceptors (Lipinski definition) is 4. The van der Waals surface area contributed by atoms with E-state index in [1.807, 2.05) is 24.3 Å². The van der Waals surface area contributed by atoms with E-state index in [-0.39, 0.29) is 18.0 Å². The minimum atomic E-state index is 0.0408. The highest BCUT2D eigenvalue weighted by atomic mass is 32.1. The molecule has 1 heterocycles. The van der Waals surface area contributed by atoms with Crippen LogP contribution in [-0.4, -0.2) is 37.0 Å². The second-order valence-electron chi connectivity index (χ2n) is 4.44. The van der Waals surface area contributed by atoms with E-state index in [4.69, 9.17) is 5.73 Å². The molecule has 0 aromatic carbocycles. The quantitative estimate of drug-likeness (QED) is 0.790. The first kappa shape index (κ1) is 15.1. The van der Waals surface area contributed by atoms with Crippen LogP contribution >= 0.6 is 11.3 Å². The second kappa shape index (κ2) is 7.51. The SMILES string of the molecule is CCNC(=O)CN(C)C(c1ccsc1)C(N)CC. The number of rotatable bonds is 7. The molecule has 102 valence electrons. The number of carbonyl (C=O) groups is 1. The highest BCUT2D eigenvalue weighted by Gasteiger charge is 2.24. The van der Waals surface area contributed by atoms with Crippen LogP contribution in [0.15, 0.2) is 16.8 Å². The lowest BCUT2D eigenvalue weighted by atomic mass is 9.99. The van der Waals surface area contributed by atoms with Crippen molar-refractivity contribution in [2.75, 3.05) is 20.1 Å². The Morgan fingerprint density at radius 2 is 2.28 bits per heavy atom. The minimum Gasteiger partial charge on any atom is -0.355 e. The fourth-order valence-electron chi connectivity index (χ4n) is 2.07. The first-order valence-corrected chi connectivity index (χ1v) is 7.29. The number of likely N-dealkylation sites (N-methyl/N-ethyl adjacent to an activating group) is 2. The van der Waals surface area contributed by atoms with Gasteiger partial charge in [-0.1, -0.05) is 6.92 Å². The van der Waals surface area contributed by atoms with E-state index < -0.39 is 0 Å². The van der Waals surface area contributed by atoms with Crippen molar-refractivity contribution in [1.82, 2.24) is 10.2 Å². The van der Waals surface area contributed by atoms with Gasteiger partial charge >= 0.3 is 0 Å². The number of nitrogens with two attached hydrogens (primary N) is 1. The van der Waals surface area contributed by atoms with Crippen molar-refractivity contribution < 1.29 is 4.79 Å². The summed E-state index contributed by atoms with van der Waals surface area (Å²) in [5, 5.41) is 6.97. The highest BCUT2D eigenvalue weighted by Crippen LogP contribution is 2.25. The van der Waals surface area contributed by atoms with Crippen molar-refractivity contribution in [3.05, 3.63) is 22.4 Å². The van der Waals surface area contributed by atoms with Crippen molar-refractivity contribution in [1.29, 1.82) is 0 Å². The molecule has 1 aromatic heterocycles. The predicted octanol–water partition coefficient (Wildman–Crippen LogP) is 1.59. The molecule has 0 bridgehead atoms. The lowest BCUT2D eigenvalue weighted by Crippen LogP contribution is -2.43. The third-order valence-electron chi connectivity index (χ3n) is 3.00.